The van der Waals surface area contributed by atoms with Crippen LogP contribution in [0.5, 0.6) is 0 Å². The number of carbonyl (C=O) groups excluding carboxylic acids is 1. The highest BCUT2D eigenvalue weighted by Crippen LogP contribution is 2.62. The number of nitrogens with one attached hydrogen (secondary N) is 2. The highest BCUT2D eigenvalue weighted by molar-refractivity contribution is 5.78. The molecule has 2 rings (SSSR count). The summed E-state index contributed by atoms with van der Waals surface area (Å²) < 4.78 is 0. The molecule has 0 aromatic rings. The van der Waals surface area contributed by atoms with Crippen molar-refractivity contribution in [1.82, 2.24) is 10.6 Å². The molecule has 0 saturated heterocycles. The Bertz CT molecular complexity index is 265. The number of hydrogen-bond donors (Lipinski definition) is 2. The average molecular weight is 210 g/mol. The summed E-state index contributed by atoms with van der Waals surface area (Å²) in [5, 5.41) is 6.35. The highest BCUT2D eigenvalue weighted by atomic mass is 16.2. The first-order valence-corrected chi connectivity index (χ1v) is 5.88. The largest absolute Gasteiger partial charge is 0.352 e. The fourth-order valence-electron chi connectivity index (χ4n) is 2.41. The van der Waals surface area contributed by atoms with Crippen LogP contribution in [0.25, 0.3) is 0 Å². The molecule has 15 heavy (non-hydrogen) atoms. The average Bonchev–Trinajstić information content (AvgIpc) is 2.93. The topological polar surface area (TPSA) is 41.1 Å². The number of hydrogen-bond acceptors (Lipinski definition) is 2. The molecular formula is C12H22N2O. The van der Waals surface area contributed by atoms with Gasteiger partial charge in [-0.1, -0.05) is 27.7 Å². The fourth-order valence-corrected chi connectivity index (χ4v) is 2.41. The zero-order valence-electron chi connectivity index (χ0n) is 10.2. The number of carbonyl (C=O) groups is 1. The van der Waals surface area contributed by atoms with E-state index >= 15 is 0 Å². The van der Waals surface area contributed by atoms with Gasteiger partial charge in [-0.3, -0.25) is 4.79 Å². The third kappa shape index (κ3) is 1.89. The lowest BCUT2D eigenvalue weighted by Crippen LogP contribution is -2.37. The van der Waals surface area contributed by atoms with E-state index in [-0.39, 0.29) is 5.91 Å². The van der Waals surface area contributed by atoms with Crippen LogP contribution >= 0.6 is 0 Å². The van der Waals surface area contributed by atoms with Crippen LogP contribution in [0.15, 0.2) is 0 Å². The van der Waals surface area contributed by atoms with Gasteiger partial charge in [-0.05, 0) is 23.7 Å². The number of amides is 1. The van der Waals surface area contributed by atoms with Crippen molar-refractivity contribution in [2.24, 2.45) is 10.8 Å². The SMILES string of the molecule is CC1(C)C(NCC(=O)NC2CC2)C1(C)C. The van der Waals surface area contributed by atoms with Crippen molar-refractivity contribution in [3.05, 3.63) is 0 Å². The van der Waals surface area contributed by atoms with Gasteiger partial charge in [0.2, 0.25) is 5.91 Å². The van der Waals surface area contributed by atoms with E-state index < -0.39 is 0 Å². The van der Waals surface area contributed by atoms with Crippen LogP contribution in [-0.2, 0) is 4.79 Å². The summed E-state index contributed by atoms with van der Waals surface area (Å²) in [5.41, 5.74) is 0.625. The van der Waals surface area contributed by atoms with E-state index in [1.165, 1.54) is 0 Å². The highest BCUT2D eigenvalue weighted by Gasteiger charge is 2.64. The standard InChI is InChI=1S/C12H22N2O/c1-11(2)10(12(11,3)4)13-7-9(15)14-8-5-6-8/h8,10,13H,5-7H2,1-4H3,(H,14,15). The molecule has 86 valence electrons. The Labute approximate surface area is 92.0 Å². The predicted molar refractivity (Wildman–Crippen MR) is 60.5 cm³/mol. The molecule has 0 heterocycles. The molecule has 0 radical (unpaired) electrons. The summed E-state index contributed by atoms with van der Waals surface area (Å²) in [7, 11) is 0. The van der Waals surface area contributed by atoms with Crippen LogP contribution in [0.1, 0.15) is 40.5 Å². The maximum Gasteiger partial charge on any atom is 0.234 e. The zero-order chi connectivity index (χ0) is 11.3. The van der Waals surface area contributed by atoms with Gasteiger partial charge in [-0.15, -0.1) is 0 Å². The Morgan fingerprint density at radius 3 is 2.13 bits per heavy atom. The molecule has 2 saturated carbocycles. The molecule has 1 amide bonds. The Morgan fingerprint density at radius 1 is 1.20 bits per heavy atom. The molecule has 0 spiro atoms. The van der Waals surface area contributed by atoms with Crippen LogP contribution in [0.2, 0.25) is 0 Å². The molecular weight excluding hydrogens is 188 g/mol. The Hall–Kier alpha value is -0.570. The summed E-state index contributed by atoms with van der Waals surface area (Å²) in [5.74, 6) is 0.149. The third-order valence-electron chi connectivity index (χ3n) is 4.43. The molecule has 3 heteroatoms. The van der Waals surface area contributed by atoms with Crippen LogP contribution in [-0.4, -0.2) is 24.5 Å². The van der Waals surface area contributed by atoms with Gasteiger partial charge < -0.3 is 10.6 Å². The lowest BCUT2D eigenvalue weighted by molar-refractivity contribution is -0.120. The van der Waals surface area contributed by atoms with Crippen molar-refractivity contribution in [2.45, 2.75) is 52.6 Å². The van der Waals surface area contributed by atoms with Crippen molar-refractivity contribution in [2.75, 3.05) is 6.54 Å². The van der Waals surface area contributed by atoms with E-state index in [2.05, 4.69) is 38.3 Å². The molecule has 0 aromatic heterocycles. The summed E-state index contributed by atoms with van der Waals surface area (Å²) in [4.78, 5) is 11.5. The van der Waals surface area contributed by atoms with Gasteiger partial charge in [0.05, 0.1) is 6.54 Å². The van der Waals surface area contributed by atoms with E-state index in [0.717, 1.165) is 12.8 Å². The van der Waals surface area contributed by atoms with Gasteiger partial charge in [0, 0.05) is 12.1 Å². The molecule has 2 aliphatic carbocycles. The lowest BCUT2D eigenvalue weighted by atomic mass is 10.0. The fraction of sp³-hybridized carbons (Fsp3) is 0.917. The first-order chi connectivity index (χ1) is 6.85. The number of rotatable bonds is 4. The molecule has 2 N–H and O–H groups in total. The first kappa shape index (κ1) is 10.9. The van der Waals surface area contributed by atoms with Gasteiger partial charge in [0.1, 0.15) is 0 Å². The second kappa shape index (κ2) is 3.21. The van der Waals surface area contributed by atoms with E-state index in [1.54, 1.807) is 0 Å². The van der Waals surface area contributed by atoms with Crippen molar-refractivity contribution in [3.8, 4) is 0 Å². The van der Waals surface area contributed by atoms with Crippen molar-refractivity contribution >= 4 is 5.91 Å². The second-order valence-electron chi connectivity index (χ2n) is 6.10. The minimum Gasteiger partial charge on any atom is -0.352 e. The Kier molecular flexibility index (Phi) is 2.34. The predicted octanol–water partition coefficient (Wildman–Crippen LogP) is 1.29. The van der Waals surface area contributed by atoms with Crippen LogP contribution in [0, 0.1) is 10.8 Å². The van der Waals surface area contributed by atoms with Crippen molar-refractivity contribution in [3.63, 3.8) is 0 Å². The van der Waals surface area contributed by atoms with Gasteiger partial charge >= 0.3 is 0 Å². The van der Waals surface area contributed by atoms with E-state index in [1.807, 2.05) is 0 Å². The first-order valence-electron chi connectivity index (χ1n) is 5.88. The van der Waals surface area contributed by atoms with Crippen LogP contribution in [0.4, 0.5) is 0 Å². The quantitative estimate of drug-likeness (QED) is 0.734. The third-order valence-corrected chi connectivity index (χ3v) is 4.43. The van der Waals surface area contributed by atoms with Gasteiger partial charge in [0.25, 0.3) is 0 Å². The van der Waals surface area contributed by atoms with E-state index in [0.29, 0.717) is 29.5 Å². The Morgan fingerprint density at radius 2 is 1.73 bits per heavy atom. The molecule has 0 bridgehead atoms. The summed E-state index contributed by atoms with van der Waals surface area (Å²) in [6.07, 6.45) is 2.32. The molecule has 3 nitrogen and oxygen atoms in total. The summed E-state index contributed by atoms with van der Waals surface area (Å²) in [6, 6.07) is 0.939. The van der Waals surface area contributed by atoms with Crippen molar-refractivity contribution in [1.29, 1.82) is 0 Å². The normalized spacial score (nSPS) is 27.5. The van der Waals surface area contributed by atoms with Crippen LogP contribution < -0.4 is 10.6 Å². The molecule has 2 aliphatic rings. The Balaban J connectivity index is 1.72. The molecule has 2 fully saturated rings. The second-order valence-corrected chi connectivity index (χ2v) is 6.10. The summed E-state index contributed by atoms with van der Waals surface area (Å²) >= 11 is 0. The summed E-state index contributed by atoms with van der Waals surface area (Å²) in [6.45, 7) is 9.48. The van der Waals surface area contributed by atoms with E-state index in [9.17, 15) is 4.79 Å². The zero-order valence-corrected chi connectivity index (χ0v) is 10.2. The maximum atomic E-state index is 11.5. The van der Waals surface area contributed by atoms with Gasteiger partial charge in [-0.2, -0.15) is 0 Å². The maximum absolute atomic E-state index is 11.5. The van der Waals surface area contributed by atoms with Crippen molar-refractivity contribution < 1.29 is 4.79 Å². The van der Waals surface area contributed by atoms with Gasteiger partial charge in [-0.25, -0.2) is 0 Å². The molecule has 0 aliphatic heterocycles. The lowest BCUT2D eigenvalue weighted by Gasteiger charge is -2.06. The molecule has 0 atom stereocenters. The molecule has 0 unspecified atom stereocenters. The minimum atomic E-state index is 0.149. The van der Waals surface area contributed by atoms with Gasteiger partial charge in [0.15, 0.2) is 0 Å². The minimum absolute atomic E-state index is 0.149. The van der Waals surface area contributed by atoms with E-state index in [4.69, 9.17) is 0 Å². The van der Waals surface area contributed by atoms with Crippen LogP contribution in [0.3, 0.4) is 0 Å². The molecule has 0 aromatic carbocycles. The smallest absolute Gasteiger partial charge is 0.234 e. The monoisotopic (exact) mass is 210 g/mol.